The topological polar surface area (TPSA) is 101 Å². The molecule has 9 nitrogen and oxygen atoms in total. The second kappa shape index (κ2) is 8.11. The number of amides is 1. The van der Waals surface area contributed by atoms with Crippen LogP contribution in [0, 0.1) is 5.92 Å². The van der Waals surface area contributed by atoms with Crippen molar-refractivity contribution in [1.29, 1.82) is 0 Å². The Morgan fingerprint density at radius 3 is 2.62 bits per heavy atom. The zero-order valence-electron chi connectivity index (χ0n) is 18.2. The summed E-state index contributed by atoms with van der Waals surface area (Å²) in [5.74, 6) is 0.438. The summed E-state index contributed by atoms with van der Waals surface area (Å²) >= 11 is 0. The van der Waals surface area contributed by atoms with Crippen molar-refractivity contribution >= 4 is 17.5 Å². The van der Waals surface area contributed by atoms with Gasteiger partial charge in [0.05, 0.1) is 6.61 Å². The van der Waals surface area contributed by atoms with E-state index < -0.39 is 10.9 Å². The van der Waals surface area contributed by atoms with Crippen molar-refractivity contribution in [3.8, 4) is 0 Å². The third-order valence-electron chi connectivity index (χ3n) is 7.05. The van der Waals surface area contributed by atoms with Gasteiger partial charge in [0.1, 0.15) is 11.4 Å². The van der Waals surface area contributed by atoms with Crippen LogP contribution in [-0.2, 0) is 11.3 Å². The number of pyridine rings is 1. The van der Waals surface area contributed by atoms with Gasteiger partial charge in [0.15, 0.2) is 0 Å². The van der Waals surface area contributed by atoms with Crippen LogP contribution in [0.4, 0.5) is 16.2 Å². The van der Waals surface area contributed by atoms with Gasteiger partial charge in [-0.2, -0.15) is 0 Å². The summed E-state index contributed by atoms with van der Waals surface area (Å²) < 4.78 is 6.91. The van der Waals surface area contributed by atoms with Crippen molar-refractivity contribution < 1.29 is 9.53 Å². The molecule has 9 heteroatoms. The summed E-state index contributed by atoms with van der Waals surface area (Å²) in [4.78, 5) is 52.8. The lowest BCUT2D eigenvalue weighted by Crippen LogP contribution is -2.52. The maximum atomic E-state index is 12.5. The molecule has 2 fully saturated rings. The minimum absolute atomic E-state index is 0.0243. The number of hydrogen-bond donors (Lipinski definition) is 1. The van der Waals surface area contributed by atoms with Gasteiger partial charge >= 0.3 is 6.09 Å². The van der Waals surface area contributed by atoms with Gasteiger partial charge in [0, 0.05) is 56.4 Å². The van der Waals surface area contributed by atoms with Crippen molar-refractivity contribution in [2.75, 3.05) is 43.0 Å². The number of anilines is 2. The SMILES string of the molecule is CCOC(=O)N1CCC(Nc2c(N3C[C@H]4C[C@@H](C3)c3cccc(=O)n3C4)c(=O)c2=O)CC1. The van der Waals surface area contributed by atoms with Crippen molar-refractivity contribution in [3.05, 3.63) is 54.7 Å². The Balaban J connectivity index is 1.30. The van der Waals surface area contributed by atoms with Crippen LogP contribution in [0.1, 0.15) is 37.8 Å². The monoisotopic (exact) mass is 440 g/mol. The molecule has 0 spiro atoms. The van der Waals surface area contributed by atoms with Crippen molar-refractivity contribution in [2.45, 2.75) is 44.7 Å². The van der Waals surface area contributed by atoms with Crippen molar-refractivity contribution in [2.24, 2.45) is 5.92 Å². The molecule has 2 bridgehead atoms. The fourth-order valence-electron chi connectivity index (χ4n) is 5.52. The van der Waals surface area contributed by atoms with Crippen LogP contribution in [-0.4, -0.2) is 54.4 Å². The number of hydrogen-bond acceptors (Lipinski definition) is 7. The van der Waals surface area contributed by atoms with Crippen LogP contribution < -0.4 is 26.6 Å². The number of carbonyl (C=O) groups excluding carboxylic acids is 1. The lowest BCUT2D eigenvalue weighted by molar-refractivity contribution is 0.0983. The van der Waals surface area contributed by atoms with E-state index in [4.69, 9.17) is 4.74 Å². The molecule has 0 radical (unpaired) electrons. The Labute approximate surface area is 185 Å². The number of piperidine rings is 2. The highest BCUT2D eigenvalue weighted by atomic mass is 16.6. The third kappa shape index (κ3) is 3.49. The van der Waals surface area contributed by atoms with Crippen molar-refractivity contribution in [1.82, 2.24) is 9.47 Å². The van der Waals surface area contributed by atoms with Gasteiger partial charge in [0.25, 0.3) is 16.4 Å². The van der Waals surface area contributed by atoms with Gasteiger partial charge < -0.3 is 24.4 Å². The minimum atomic E-state index is -0.458. The molecule has 2 aromatic rings. The molecule has 1 aromatic heterocycles. The number of rotatable bonds is 4. The number of nitrogens with zero attached hydrogens (tertiary/aromatic N) is 3. The summed E-state index contributed by atoms with van der Waals surface area (Å²) in [6.45, 7) is 5.18. The zero-order valence-corrected chi connectivity index (χ0v) is 18.2. The molecule has 2 atom stereocenters. The Morgan fingerprint density at radius 1 is 1.09 bits per heavy atom. The van der Waals surface area contributed by atoms with Gasteiger partial charge in [-0.1, -0.05) is 6.07 Å². The molecule has 32 heavy (non-hydrogen) atoms. The molecule has 170 valence electrons. The predicted octanol–water partition coefficient (Wildman–Crippen LogP) is 1.10. The van der Waals surface area contributed by atoms with E-state index in [1.165, 1.54) is 0 Å². The highest BCUT2D eigenvalue weighted by Crippen LogP contribution is 2.38. The zero-order chi connectivity index (χ0) is 22.4. The fourth-order valence-corrected chi connectivity index (χ4v) is 5.52. The number of ether oxygens (including phenoxy) is 1. The molecule has 4 heterocycles. The van der Waals surface area contributed by atoms with Crippen LogP contribution in [0.5, 0.6) is 0 Å². The lowest BCUT2D eigenvalue weighted by atomic mass is 9.82. The number of likely N-dealkylation sites (tertiary alicyclic amines) is 1. The number of fused-ring (bicyclic) bond motifs is 4. The number of aromatic nitrogens is 1. The first-order valence-corrected chi connectivity index (χ1v) is 11.4. The van der Waals surface area contributed by atoms with Crippen LogP contribution >= 0.6 is 0 Å². The van der Waals surface area contributed by atoms with Gasteiger partial charge in [-0.05, 0) is 38.2 Å². The molecular weight excluding hydrogens is 412 g/mol. The largest absolute Gasteiger partial charge is 0.450 e. The molecular formula is C23H28N4O5. The summed E-state index contributed by atoms with van der Waals surface area (Å²) in [5.41, 5.74) is 1.05. The predicted molar refractivity (Wildman–Crippen MR) is 120 cm³/mol. The number of nitrogens with one attached hydrogen (secondary N) is 1. The van der Waals surface area contributed by atoms with Crippen LogP contribution in [0.2, 0.25) is 0 Å². The smallest absolute Gasteiger partial charge is 0.409 e. The minimum Gasteiger partial charge on any atom is -0.450 e. The van der Waals surface area contributed by atoms with Gasteiger partial charge in [-0.25, -0.2) is 4.79 Å². The van der Waals surface area contributed by atoms with Crippen molar-refractivity contribution in [3.63, 3.8) is 0 Å². The van der Waals surface area contributed by atoms with Gasteiger partial charge in [-0.15, -0.1) is 0 Å². The van der Waals surface area contributed by atoms with E-state index in [1.807, 2.05) is 15.5 Å². The van der Waals surface area contributed by atoms with E-state index >= 15 is 0 Å². The quantitative estimate of drug-likeness (QED) is 0.711. The first kappa shape index (κ1) is 20.8. The summed E-state index contributed by atoms with van der Waals surface area (Å²) in [7, 11) is 0. The molecule has 1 N–H and O–H groups in total. The molecule has 3 aliphatic rings. The molecule has 0 aliphatic carbocycles. The van der Waals surface area contributed by atoms with Gasteiger partial charge in [-0.3, -0.25) is 14.4 Å². The van der Waals surface area contributed by atoms with E-state index in [0.29, 0.717) is 63.5 Å². The van der Waals surface area contributed by atoms with E-state index in [1.54, 1.807) is 24.0 Å². The lowest BCUT2D eigenvalue weighted by Gasteiger charge is -2.44. The highest BCUT2D eigenvalue weighted by molar-refractivity contribution is 5.76. The van der Waals surface area contributed by atoms with E-state index in [-0.39, 0.29) is 29.5 Å². The summed E-state index contributed by atoms with van der Waals surface area (Å²) in [6.07, 6.45) is 2.07. The van der Waals surface area contributed by atoms with E-state index in [0.717, 1.165) is 12.1 Å². The second-order valence-corrected chi connectivity index (χ2v) is 9.09. The maximum Gasteiger partial charge on any atom is 0.409 e. The Bertz CT molecular complexity index is 1160. The second-order valence-electron chi connectivity index (χ2n) is 9.09. The summed E-state index contributed by atoms with van der Waals surface area (Å²) in [6, 6.07) is 5.41. The first-order valence-electron chi connectivity index (χ1n) is 11.4. The normalized spacial score (nSPS) is 23.2. The van der Waals surface area contributed by atoms with E-state index in [9.17, 15) is 19.2 Å². The average molecular weight is 441 g/mol. The molecule has 3 aliphatic heterocycles. The standard InChI is InChI=1S/C23H28N4O5/c1-2-32-23(31)25-8-6-16(7-9-25)24-19-20(22(30)21(19)29)26-11-14-10-15(13-26)17-4-3-5-18(28)27(17)12-14/h3-5,14-16,24H,2,6-13H2,1H3/t14-,15+/m1/s1. The number of carbonyl (C=O) groups is 1. The van der Waals surface area contributed by atoms with Crippen LogP contribution in [0.15, 0.2) is 32.6 Å². The highest BCUT2D eigenvalue weighted by Gasteiger charge is 2.38. The Hall–Kier alpha value is -3.10. The maximum absolute atomic E-state index is 12.5. The van der Waals surface area contributed by atoms with Gasteiger partial charge in [0.2, 0.25) is 0 Å². The molecule has 1 amide bonds. The van der Waals surface area contributed by atoms with Crippen LogP contribution in [0.25, 0.3) is 0 Å². The Kier molecular flexibility index (Phi) is 5.27. The first-order chi connectivity index (χ1) is 15.5. The molecule has 1 aromatic carbocycles. The molecule has 5 rings (SSSR count). The van der Waals surface area contributed by atoms with E-state index in [2.05, 4.69) is 5.32 Å². The molecule has 2 saturated heterocycles. The summed E-state index contributed by atoms with van der Waals surface area (Å²) in [5, 5.41) is 3.30. The Morgan fingerprint density at radius 2 is 1.88 bits per heavy atom. The molecule has 0 unspecified atom stereocenters. The third-order valence-corrected chi connectivity index (χ3v) is 7.05. The van der Waals surface area contributed by atoms with Crippen LogP contribution in [0.3, 0.4) is 0 Å². The molecule has 0 saturated carbocycles. The average Bonchev–Trinajstić information content (AvgIpc) is 2.80. The fraction of sp³-hybridized carbons (Fsp3) is 0.565.